The summed E-state index contributed by atoms with van der Waals surface area (Å²) in [5, 5.41) is 12.9. The second kappa shape index (κ2) is 9.25. The van der Waals surface area contributed by atoms with Crippen molar-refractivity contribution >= 4 is 0 Å². The number of ether oxygens (including phenoxy) is 2. The number of rotatable bonds is 7. The number of hydrogen-bond acceptors (Lipinski definition) is 6. The molecule has 0 amide bonds. The highest BCUT2D eigenvalue weighted by Gasteiger charge is 2.18. The molecule has 0 aliphatic rings. The van der Waals surface area contributed by atoms with E-state index in [1.165, 1.54) is 0 Å². The lowest BCUT2D eigenvalue weighted by molar-refractivity contribution is 0.185. The number of hydrogen-bond donors (Lipinski definition) is 1. The maximum Gasteiger partial charge on any atom is 0.258 e. The van der Waals surface area contributed by atoms with Gasteiger partial charge in [-0.2, -0.15) is 4.98 Å². The van der Waals surface area contributed by atoms with Crippen molar-refractivity contribution in [1.82, 2.24) is 10.1 Å². The molecular formula is C24H20F2N2O4. The van der Waals surface area contributed by atoms with Crippen LogP contribution in [0.4, 0.5) is 8.78 Å². The maximum atomic E-state index is 14.0. The first-order chi connectivity index (χ1) is 15.5. The average molecular weight is 438 g/mol. The molecule has 0 aliphatic carbocycles. The maximum absolute atomic E-state index is 14.0. The summed E-state index contributed by atoms with van der Waals surface area (Å²) in [6.45, 7) is -0.405. The highest BCUT2D eigenvalue weighted by atomic mass is 19.1. The third kappa shape index (κ3) is 4.10. The molecule has 8 heteroatoms. The standard InChI is InChI=1S/C24H20F2N2O4/c1-30-13-16-9-14(7-8-17(16)18-5-3-4-6-22(18)31-2)24-27-23(28-32-24)15-10-20(25)19(12-29)21(26)11-15/h3-11,29H,12-13H2,1-2H3. The Morgan fingerprint density at radius 1 is 0.938 bits per heavy atom. The van der Waals surface area contributed by atoms with Gasteiger partial charge in [0.2, 0.25) is 5.82 Å². The molecule has 4 aromatic rings. The third-order valence-corrected chi connectivity index (χ3v) is 5.03. The highest BCUT2D eigenvalue weighted by molar-refractivity contribution is 5.76. The lowest BCUT2D eigenvalue weighted by atomic mass is 9.97. The van der Waals surface area contributed by atoms with Gasteiger partial charge in [-0.1, -0.05) is 29.4 Å². The predicted octanol–water partition coefficient (Wildman–Crippen LogP) is 5.00. The molecule has 0 fully saturated rings. The minimum atomic E-state index is -0.877. The van der Waals surface area contributed by atoms with Gasteiger partial charge in [0.1, 0.15) is 17.4 Å². The van der Waals surface area contributed by atoms with Crippen LogP contribution in [0, 0.1) is 11.6 Å². The first-order valence-electron chi connectivity index (χ1n) is 9.74. The Labute approximate surface area is 183 Å². The van der Waals surface area contributed by atoms with Crippen molar-refractivity contribution in [2.45, 2.75) is 13.2 Å². The zero-order valence-electron chi connectivity index (χ0n) is 17.4. The number of benzene rings is 3. The fourth-order valence-corrected chi connectivity index (χ4v) is 3.47. The molecule has 1 N–H and O–H groups in total. The van der Waals surface area contributed by atoms with Crippen molar-refractivity contribution in [2.75, 3.05) is 14.2 Å². The van der Waals surface area contributed by atoms with E-state index in [4.69, 9.17) is 19.1 Å². The molecule has 0 aliphatic heterocycles. The number of aliphatic hydroxyl groups is 1. The van der Waals surface area contributed by atoms with Crippen molar-refractivity contribution in [3.05, 3.63) is 77.4 Å². The second-order valence-electron chi connectivity index (χ2n) is 7.00. The molecule has 0 bridgehead atoms. The Bertz CT molecular complexity index is 1230. The summed E-state index contributed by atoms with van der Waals surface area (Å²) in [7, 11) is 3.21. The minimum Gasteiger partial charge on any atom is -0.496 e. The van der Waals surface area contributed by atoms with Gasteiger partial charge in [0.05, 0.1) is 20.3 Å². The zero-order chi connectivity index (χ0) is 22.7. The van der Waals surface area contributed by atoms with Gasteiger partial charge in [0, 0.05) is 29.4 Å². The number of aromatic nitrogens is 2. The molecule has 0 atom stereocenters. The van der Waals surface area contributed by atoms with Crippen molar-refractivity contribution in [3.8, 4) is 39.7 Å². The summed E-state index contributed by atoms with van der Waals surface area (Å²) in [5.74, 6) is -0.803. The van der Waals surface area contributed by atoms with Crippen LogP contribution in [0.3, 0.4) is 0 Å². The smallest absolute Gasteiger partial charge is 0.258 e. The van der Waals surface area contributed by atoms with Crippen LogP contribution in [0.1, 0.15) is 11.1 Å². The van der Waals surface area contributed by atoms with E-state index < -0.39 is 23.8 Å². The Kier molecular flexibility index (Phi) is 6.25. The van der Waals surface area contributed by atoms with Crippen LogP contribution in [0.5, 0.6) is 5.75 Å². The molecule has 1 heterocycles. The number of para-hydroxylation sites is 1. The summed E-state index contributed by atoms with van der Waals surface area (Å²) in [5.41, 5.74) is 3.04. The van der Waals surface area contributed by atoms with Crippen molar-refractivity contribution in [3.63, 3.8) is 0 Å². The van der Waals surface area contributed by atoms with Crippen LogP contribution in [0.15, 0.2) is 59.1 Å². The molecule has 0 saturated carbocycles. The van der Waals surface area contributed by atoms with Crippen LogP contribution in [0.25, 0.3) is 34.0 Å². The monoisotopic (exact) mass is 438 g/mol. The van der Waals surface area contributed by atoms with Crippen molar-refractivity contribution in [2.24, 2.45) is 0 Å². The van der Waals surface area contributed by atoms with Crippen LogP contribution in [0.2, 0.25) is 0 Å². The van der Waals surface area contributed by atoms with Crippen LogP contribution in [-0.2, 0) is 18.0 Å². The second-order valence-corrected chi connectivity index (χ2v) is 7.00. The Morgan fingerprint density at radius 2 is 1.69 bits per heavy atom. The molecule has 6 nitrogen and oxygen atoms in total. The number of methoxy groups -OCH3 is 2. The SMILES string of the molecule is COCc1cc(-c2nc(-c3cc(F)c(CO)c(F)c3)no2)ccc1-c1ccccc1OC. The molecule has 1 aromatic heterocycles. The van der Waals surface area contributed by atoms with Gasteiger partial charge in [-0.05, 0) is 41.5 Å². The van der Waals surface area contributed by atoms with Gasteiger partial charge in [0.15, 0.2) is 0 Å². The Morgan fingerprint density at radius 3 is 2.38 bits per heavy atom. The van der Waals surface area contributed by atoms with Gasteiger partial charge in [-0.15, -0.1) is 0 Å². The quantitative estimate of drug-likeness (QED) is 0.438. The minimum absolute atomic E-state index is 0.0318. The van der Waals surface area contributed by atoms with Gasteiger partial charge < -0.3 is 19.1 Å². The average Bonchev–Trinajstić information content (AvgIpc) is 3.29. The summed E-state index contributed by atoms with van der Waals surface area (Å²) >= 11 is 0. The molecule has 0 unspecified atom stereocenters. The van der Waals surface area contributed by atoms with E-state index in [1.807, 2.05) is 42.5 Å². The predicted molar refractivity (Wildman–Crippen MR) is 114 cm³/mol. The summed E-state index contributed by atoms with van der Waals surface area (Å²) < 4.78 is 44.2. The summed E-state index contributed by atoms with van der Waals surface area (Å²) in [6.07, 6.45) is 0. The van der Waals surface area contributed by atoms with E-state index in [9.17, 15) is 8.78 Å². The van der Waals surface area contributed by atoms with E-state index >= 15 is 0 Å². The van der Waals surface area contributed by atoms with E-state index in [0.717, 1.165) is 34.6 Å². The molecule has 32 heavy (non-hydrogen) atoms. The molecule has 164 valence electrons. The Hall–Kier alpha value is -3.62. The topological polar surface area (TPSA) is 77.6 Å². The normalized spacial score (nSPS) is 11.0. The lowest BCUT2D eigenvalue weighted by Crippen LogP contribution is -1.97. The number of aliphatic hydroxyl groups excluding tert-OH is 1. The van der Waals surface area contributed by atoms with Crippen molar-refractivity contribution < 1.29 is 27.9 Å². The fourth-order valence-electron chi connectivity index (χ4n) is 3.47. The van der Waals surface area contributed by atoms with Crippen molar-refractivity contribution in [1.29, 1.82) is 0 Å². The summed E-state index contributed by atoms with van der Waals surface area (Å²) in [6, 6.07) is 15.3. The number of nitrogens with zero attached hydrogens (tertiary/aromatic N) is 2. The molecule has 4 rings (SSSR count). The highest BCUT2D eigenvalue weighted by Crippen LogP contribution is 2.35. The molecule has 0 spiro atoms. The van der Waals surface area contributed by atoms with E-state index in [-0.39, 0.29) is 17.3 Å². The van der Waals surface area contributed by atoms with Crippen LogP contribution in [-0.4, -0.2) is 29.5 Å². The zero-order valence-corrected chi connectivity index (χ0v) is 17.4. The van der Waals surface area contributed by atoms with Gasteiger partial charge >= 0.3 is 0 Å². The van der Waals surface area contributed by atoms with E-state index in [0.29, 0.717) is 12.2 Å². The first-order valence-corrected chi connectivity index (χ1v) is 9.74. The van der Waals surface area contributed by atoms with E-state index in [2.05, 4.69) is 10.1 Å². The lowest BCUT2D eigenvalue weighted by Gasteiger charge is -2.13. The third-order valence-electron chi connectivity index (χ3n) is 5.03. The summed E-state index contributed by atoms with van der Waals surface area (Å²) in [4.78, 5) is 4.29. The van der Waals surface area contributed by atoms with E-state index in [1.54, 1.807) is 14.2 Å². The molecule has 3 aromatic carbocycles. The largest absolute Gasteiger partial charge is 0.496 e. The molecule has 0 radical (unpaired) electrons. The van der Waals surface area contributed by atoms with Crippen LogP contribution < -0.4 is 4.74 Å². The van der Waals surface area contributed by atoms with Crippen LogP contribution >= 0.6 is 0 Å². The molecule has 0 saturated heterocycles. The van der Waals surface area contributed by atoms with Gasteiger partial charge in [-0.3, -0.25) is 0 Å². The Balaban J connectivity index is 1.73. The fraction of sp³-hybridized carbons (Fsp3) is 0.167. The number of halogens is 2. The van der Waals surface area contributed by atoms with Gasteiger partial charge in [0.25, 0.3) is 5.89 Å². The first kappa shape index (κ1) is 21.6. The van der Waals surface area contributed by atoms with Gasteiger partial charge in [-0.25, -0.2) is 8.78 Å². The molecular weight excluding hydrogens is 418 g/mol.